The van der Waals surface area contributed by atoms with Gasteiger partial charge >= 0.3 is 5.97 Å². The Morgan fingerprint density at radius 2 is 2.25 bits per heavy atom. The highest BCUT2D eigenvalue weighted by Gasteiger charge is 1.98. The molecule has 0 rings (SSSR count). The van der Waals surface area contributed by atoms with Crippen molar-refractivity contribution in [3.8, 4) is 0 Å². The summed E-state index contributed by atoms with van der Waals surface area (Å²) in [5.74, 6) is -0.220. The Hall–Kier alpha value is -0.790. The van der Waals surface area contributed by atoms with Crippen molar-refractivity contribution in [2.45, 2.75) is 46.1 Å². The predicted octanol–water partition coefficient (Wildman–Crippen LogP) is 2.68. The minimum atomic E-state index is -0.220. The summed E-state index contributed by atoms with van der Waals surface area (Å²) in [4.78, 5) is 10.5. The number of allylic oxidation sites excluding steroid dienone is 1. The first-order valence-corrected chi connectivity index (χ1v) is 4.50. The molecular formula is C10H18O2. The molecule has 0 radical (unpaired) electrons. The average Bonchev–Trinajstić information content (AvgIpc) is 1.97. The normalized spacial score (nSPS) is 13.2. The zero-order chi connectivity index (χ0) is 9.40. The number of hydrogen-bond donors (Lipinski definition) is 0. The molecule has 0 aromatic heterocycles. The molecular weight excluding hydrogens is 152 g/mol. The Labute approximate surface area is 74.6 Å². The van der Waals surface area contributed by atoms with Crippen molar-refractivity contribution in [2.24, 2.45) is 0 Å². The number of unbranched alkanes of at least 4 members (excludes halogenated alkanes) is 2. The van der Waals surface area contributed by atoms with Crippen molar-refractivity contribution in [1.29, 1.82) is 0 Å². The predicted molar refractivity (Wildman–Crippen MR) is 49.9 cm³/mol. The van der Waals surface area contributed by atoms with Gasteiger partial charge in [0.15, 0.2) is 0 Å². The lowest BCUT2D eigenvalue weighted by molar-refractivity contribution is -0.143. The quantitative estimate of drug-likeness (QED) is 0.360. The standard InChI is InChI=1S/C10H18O2/c1-4-5-6-7-8-9(2)12-10(3)11/h7-9H,4-6H2,1-3H3/b8-7+/t9-/m1/s1. The fourth-order valence-electron chi connectivity index (χ4n) is 0.911. The Bertz CT molecular complexity index is 150. The molecule has 0 fully saturated rings. The van der Waals surface area contributed by atoms with E-state index < -0.39 is 0 Å². The second-order valence-corrected chi connectivity index (χ2v) is 2.88. The van der Waals surface area contributed by atoms with Gasteiger partial charge < -0.3 is 4.74 Å². The fourth-order valence-corrected chi connectivity index (χ4v) is 0.911. The molecule has 0 saturated heterocycles. The van der Waals surface area contributed by atoms with Crippen LogP contribution < -0.4 is 0 Å². The molecule has 70 valence electrons. The van der Waals surface area contributed by atoms with Crippen LogP contribution in [0.5, 0.6) is 0 Å². The second-order valence-electron chi connectivity index (χ2n) is 2.88. The van der Waals surface area contributed by atoms with Gasteiger partial charge in [0.05, 0.1) is 0 Å². The molecule has 0 aliphatic rings. The summed E-state index contributed by atoms with van der Waals surface area (Å²) in [5, 5.41) is 0. The molecule has 0 aliphatic heterocycles. The summed E-state index contributed by atoms with van der Waals surface area (Å²) in [6.45, 7) is 5.45. The van der Waals surface area contributed by atoms with Gasteiger partial charge in [0.25, 0.3) is 0 Å². The average molecular weight is 170 g/mol. The fraction of sp³-hybridized carbons (Fsp3) is 0.700. The number of carbonyl (C=O) groups excluding carboxylic acids is 1. The van der Waals surface area contributed by atoms with Gasteiger partial charge in [-0.05, 0) is 19.4 Å². The minimum absolute atomic E-state index is 0.0839. The van der Waals surface area contributed by atoms with Gasteiger partial charge in [-0.2, -0.15) is 0 Å². The summed E-state index contributed by atoms with van der Waals surface area (Å²) >= 11 is 0. The van der Waals surface area contributed by atoms with E-state index in [4.69, 9.17) is 4.74 Å². The highest BCUT2D eigenvalue weighted by atomic mass is 16.5. The van der Waals surface area contributed by atoms with Crippen LogP contribution in [0.25, 0.3) is 0 Å². The number of carbonyl (C=O) groups is 1. The van der Waals surface area contributed by atoms with Crippen molar-refractivity contribution in [2.75, 3.05) is 0 Å². The van der Waals surface area contributed by atoms with Crippen LogP contribution in [-0.4, -0.2) is 12.1 Å². The molecule has 0 spiro atoms. The lowest BCUT2D eigenvalue weighted by Crippen LogP contribution is -2.08. The minimum Gasteiger partial charge on any atom is -0.459 e. The molecule has 2 heteroatoms. The Balaban J connectivity index is 3.46. The molecule has 12 heavy (non-hydrogen) atoms. The summed E-state index contributed by atoms with van der Waals surface area (Å²) in [5.41, 5.74) is 0. The molecule has 0 aliphatic carbocycles. The highest BCUT2D eigenvalue weighted by Crippen LogP contribution is 1.98. The van der Waals surface area contributed by atoms with E-state index in [9.17, 15) is 4.79 Å². The van der Waals surface area contributed by atoms with Gasteiger partial charge in [-0.1, -0.05) is 25.8 Å². The van der Waals surface area contributed by atoms with E-state index in [1.54, 1.807) is 0 Å². The van der Waals surface area contributed by atoms with E-state index in [-0.39, 0.29) is 12.1 Å². The van der Waals surface area contributed by atoms with Crippen LogP contribution in [0.15, 0.2) is 12.2 Å². The Morgan fingerprint density at radius 1 is 1.58 bits per heavy atom. The van der Waals surface area contributed by atoms with Crippen molar-refractivity contribution < 1.29 is 9.53 Å². The molecule has 1 atom stereocenters. The molecule has 0 heterocycles. The summed E-state index contributed by atoms with van der Waals surface area (Å²) in [7, 11) is 0. The van der Waals surface area contributed by atoms with Crippen LogP contribution >= 0.6 is 0 Å². The monoisotopic (exact) mass is 170 g/mol. The van der Waals surface area contributed by atoms with Gasteiger partial charge in [0.2, 0.25) is 0 Å². The number of hydrogen-bond acceptors (Lipinski definition) is 2. The second kappa shape index (κ2) is 6.89. The SMILES string of the molecule is CCCC/C=C/[C@@H](C)OC(C)=O. The highest BCUT2D eigenvalue weighted by molar-refractivity contribution is 5.66. The van der Waals surface area contributed by atoms with Crippen LogP contribution in [-0.2, 0) is 9.53 Å². The van der Waals surface area contributed by atoms with E-state index in [1.807, 2.05) is 13.0 Å². The van der Waals surface area contributed by atoms with E-state index >= 15 is 0 Å². The van der Waals surface area contributed by atoms with Gasteiger partial charge in [-0.15, -0.1) is 0 Å². The summed E-state index contributed by atoms with van der Waals surface area (Å²) < 4.78 is 4.90. The maximum Gasteiger partial charge on any atom is 0.303 e. The third kappa shape index (κ3) is 7.32. The Kier molecular flexibility index (Phi) is 6.44. The lowest BCUT2D eigenvalue weighted by Gasteiger charge is -2.05. The zero-order valence-corrected chi connectivity index (χ0v) is 8.17. The van der Waals surface area contributed by atoms with E-state index in [0.29, 0.717) is 0 Å². The van der Waals surface area contributed by atoms with Crippen molar-refractivity contribution in [3.05, 3.63) is 12.2 Å². The first-order chi connectivity index (χ1) is 5.66. The topological polar surface area (TPSA) is 26.3 Å². The molecule has 0 unspecified atom stereocenters. The van der Waals surface area contributed by atoms with Crippen LogP contribution in [0.1, 0.15) is 40.0 Å². The molecule has 0 aromatic rings. The molecule has 0 aromatic carbocycles. The van der Waals surface area contributed by atoms with Gasteiger partial charge in [-0.3, -0.25) is 4.79 Å². The van der Waals surface area contributed by atoms with Crippen molar-refractivity contribution >= 4 is 5.97 Å². The van der Waals surface area contributed by atoms with E-state index in [0.717, 1.165) is 6.42 Å². The van der Waals surface area contributed by atoms with Gasteiger partial charge in [0.1, 0.15) is 6.10 Å². The molecule has 2 nitrogen and oxygen atoms in total. The van der Waals surface area contributed by atoms with Gasteiger partial charge in [-0.25, -0.2) is 0 Å². The molecule has 0 N–H and O–H groups in total. The molecule has 0 amide bonds. The third-order valence-corrected chi connectivity index (χ3v) is 1.48. The van der Waals surface area contributed by atoms with Crippen LogP contribution in [0, 0.1) is 0 Å². The van der Waals surface area contributed by atoms with Crippen molar-refractivity contribution in [1.82, 2.24) is 0 Å². The summed E-state index contributed by atoms with van der Waals surface area (Å²) in [6, 6.07) is 0. The van der Waals surface area contributed by atoms with E-state index in [1.165, 1.54) is 19.8 Å². The maximum atomic E-state index is 10.5. The molecule has 0 saturated carbocycles. The summed E-state index contributed by atoms with van der Waals surface area (Å²) in [6.07, 6.45) is 7.38. The lowest BCUT2D eigenvalue weighted by atomic mass is 10.2. The van der Waals surface area contributed by atoms with Crippen LogP contribution in [0.3, 0.4) is 0 Å². The number of esters is 1. The van der Waals surface area contributed by atoms with Crippen LogP contribution in [0.2, 0.25) is 0 Å². The van der Waals surface area contributed by atoms with E-state index in [2.05, 4.69) is 13.0 Å². The first-order valence-electron chi connectivity index (χ1n) is 4.50. The van der Waals surface area contributed by atoms with Crippen LogP contribution in [0.4, 0.5) is 0 Å². The first kappa shape index (κ1) is 11.2. The smallest absolute Gasteiger partial charge is 0.303 e. The molecule has 0 bridgehead atoms. The Morgan fingerprint density at radius 3 is 2.75 bits per heavy atom. The van der Waals surface area contributed by atoms with Gasteiger partial charge in [0, 0.05) is 6.92 Å². The number of rotatable bonds is 5. The largest absolute Gasteiger partial charge is 0.459 e. The van der Waals surface area contributed by atoms with Crippen molar-refractivity contribution in [3.63, 3.8) is 0 Å². The maximum absolute atomic E-state index is 10.5. The number of ether oxygens (including phenoxy) is 1. The zero-order valence-electron chi connectivity index (χ0n) is 8.17. The third-order valence-electron chi connectivity index (χ3n) is 1.48.